The third-order valence-electron chi connectivity index (χ3n) is 4.70. The number of hydrogen-bond donors (Lipinski definition) is 0. The van der Waals surface area contributed by atoms with Crippen LogP contribution >= 0.6 is 0 Å². The summed E-state index contributed by atoms with van der Waals surface area (Å²) in [6.45, 7) is 3.91. The molecule has 2 aromatic heterocycles. The number of aromatic nitrogens is 4. The van der Waals surface area contributed by atoms with Gasteiger partial charge in [-0.25, -0.2) is 4.98 Å². The monoisotopic (exact) mass is 385 g/mol. The summed E-state index contributed by atoms with van der Waals surface area (Å²) in [6.07, 6.45) is -2.52. The highest BCUT2D eigenvalue weighted by atomic mass is 19.4. The number of nitrogens with zero attached hydrogens (tertiary/aromatic N) is 5. The number of rotatable bonds is 3. The molecule has 0 saturated carbocycles. The van der Waals surface area contributed by atoms with E-state index >= 15 is 0 Å². The van der Waals surface area contributed by atoms with Gasteiger partial charge in [-0.05, 0) is 26.7 Å². The van der Waals surface area contributed by atoms with Crippen molar-refractivity contribution in [1.29, 1.82) is 0 Å². The summed E-state index contributed by atoms with van der Waals surface area (Å²) >= 11 is 0. The van der Waals surface area contributed by atoms with E-state index in [1.165, 1.54) is 10.9 Å². The molecule has 1 saturated heterocycles. The fourth-order valence-corrected chi connectivity index (χ4v) is 2.92. The van der Waals surface area contributed by atoms with Crippen molar-refractivity contribution >= 4 is 5.91 Å². The molecule has 0 N–H and O–H groups in total. The van der Waals surface area contributed by atoms with Crippen LogP contribution in [0.4, 0.5) is 13.2 Å². The number of hydrogen-bond acceptors (Lipinski definition) is 6. The van der Waals surface area contributed by atoms with E-state index in [0.29, 0.717) is 37.2 Å². The van der Waals surface area contributed by atoms with Gasteiger partial charge in [-0.15, -0.1) is 10.2 Å². The van der Waals surface area contributed by atoms with E-state index in [9.17, 15) is 22.8 Å². The minimum Gasteiger partial charge on any atom is -0.417 e. The van der Waals surface area contributed by atoms with Crippen LogP contribution in [-0.2, 0) is 17.5 Å². The molecule has 11 heteroatoms. The number of piperidine rings is 1. The molecule has 0 unspecified atom stereocenters. The van der Waals surface area contributed by atoms with Crippen LogP contribution in [0, 0.1) is 13.8 Å². The predicted molar refractivity (Wildman–Crippen MR) is 85.8 cm³/mol. The van der Waals surface area contributed by atoms with Crippen LogP contribution < -0.4 is 5.56 Å². The van der Waals surface area contributed by atoms with E-state index in [1.807, 2.05) is 0 Å². The molecule has 146 valence electrons. The molecule has 3 rings (SSSR count). The molecule has 2 aromatic rings. The average Bonchev–Trinajstić information content (AvgIpc) is 3.13. The van der Waals surface area contributed by atoms with Crippen molar-refractivity contribution in [3.05, 3.63) is 39.7 Å². The summed E-state index contributed by atoms with van der Waals surface area (Å²) in [5.41, 5.74) is 0.833. The largest absolute Gasteiger partial charge is 0.470 e. The Morgan fingerprint density at radius 1 is 1.26 bits per heavy atom. The lowest BCUT2D eigenvalue weighted by atomic mass is 9.97. The normalized spacial score (nSPS) is 16.0. The SMILES string of the molecule is Cc1ncn(CC(=O)N2CCC(c3nnc(C(F)(F)F)o3)CC2)c(=O)c1C. The first kappa shape index (κ1) is 19.1. The van der Waals surface area contributed by atoms with Gasteiger partial charge in [-0.2, -0.15) is 13.2 Å². The molecule has 27 heavy (non-hydrogen) atoms. The summed E-state index contributed by atoms with van der Waals surface area (Å²) in [6, 6.07) is 0. The highest BCUT2D eigenvalue weighted by Crippen LogP contribution is 2.32. The second-order valence-electron chi connectivity index (χ2n) is 6.49. The quantitative estimate of drug-likeness (QED) is 0.798. The van der Waals surface area contributed by atoms with Crippen molar-refractivity contribution in [2.24, 2.45) is 0 Å². The Bertz CT molecular complexity index is 897. The van der Waals surface area contributed by atoms with Crippen LogP contribution in [0.5, 0.6) is 0 Å². The Morgan fingerprint density at radius 2 is 1.93 bits per heavy atom. The standard InChI is InChI=1S/C16H18F3N5O3/c1-9-10(2)20-8-24(14(9)26)7-12(25)23-5-3-11(4-6-23)13-21-22-15(27-13)16(17,18)19/h8,11H,3-7H2,1-2H3. The molecule has 1 fully saturated rings. The van der Waals surface area contributed by atoms with Gasteiger partial charge in [-0.3, -0.25) is 14.2 Å². The number of likely N-dealkylation sites (tertiary alicyclic amines) is 1. The Labute approximate surface area is 152 Å². The number of carbonyl (C=O) groups is 1. The molecule has 0 bridgehead atoms. The zero-order valence-corrected chi connectivity index (χ0v) is 14.8. The van der Waals surface area contributed by atoms with Gasteiger partial charge in [0.25, 0.3) is 5.56 Å². The Kier molecular flexibility index (Phi) is 5.03. The van der Waals surface area contributed by atoms with Gasteiger partial charge in [0.2, 0.25) is 11.8 Å². The molecule has 3 heterocycles. The third-order valence-corrected chi connectivity index (χ3v) is 4.70. The maximum absolute atomic E-state index is 12.5. The lowest BCUT2D eigenvalue weighted by Gasteiger charge is -2.30. The number of amides is 1. The first-order valence-electron chi connectivity index (χ1n) is 8.38. The zero-order valence-electron chi connectivity index (χ0n) is 14.8. The van der Waals surface area contributed by atoms with Crippen molar-refractivity contribution in [3.63, 3.8) is 0 Å². The molecule has 1 aliphatic heterocycles. The Morgan fingerprint density at radius 3 is 2.52 bits per heavy atom. The highest BCUT2D eigenvalue weighted by Gasteiger charge is 2.39. The molecule has 0 aromatic carbocycles. The minimum atomic E-state index is -4.67. The van der Waals surface area contributed by atoms with Crippen molar-refractivity contribution < 1.29 is 22.4 Å². The van der Waals surface area contributed by atoms with Crippen LogP contribution in [0.1, 0.15) is 41.8 Å². The van der Waals surface area contributed by atoms with E-state index in [4.69, 9.17) is 4.42 Å². The molecule has 0 atom stereocenters. The van der Waals surface area contributed by atoms with Crippen molar-refractivity contribution in [3.8, 4) is 0 Å². The molecule has 1 aliphatic rings. The van der Waals surface area contributed by atoms with E-state index in [-0.39, 0.29) is 29.8 Å². The predicted octanol–water partition coefficient (Wildman–Crippen LogP) is 1.67. The lowest BCUT2D eigenvalue weighted by molar-refractivity contribution is -0.157. The summed E-state index contributed by atoms with van der Waals surface area (Å²) in [7, 11) is 0. The van der Waals surface area contributed by atoms with Gasteiger partial charge in [-0.1, -0.05) is 0 Å². The van der Waals surface area contributed by atoms with Gasteiger partial charge >= 0.3 is 12.1 Å². The molecule has 8 nitrogen and oxygen atoms in total. The fourth-order valence-electron chi connectivity index (χ4n) is 2.92. The number of aryl methyl sites for hydroxylation is 1. The second kappa shape index (κ2) is 7.12. The van der Waals surface area contributed by atoms with E-state index < -0.39 is 12.1 Å². The van der Waals surface area contributed by atoms with Crippen molar-refractivity contribution in [2.75, 3.05) is 13.1 Å². The van der Waals surface area contributed by atoms with Gasteiger partial charge < -0.3 is 9.32 Å². The number of alkyl halides is 3. The molecule has 0 spiro atoms. The fraction of sp³-hybridized carbons (Fsp3) is 0.562. The minimum absolute atomic E-state index is 0.0657. The van der Waals surface area contributed by atoms with E-state index in [1.54, 1.807) is 18.7 Å². The maximum atomic E-state index is 12.5. The Balaban J connectivity index is 1.61. The summed E-state index contributed by atoms with van der Waals surface area (Å²) < 4.78 is 43.6. The Hall–Kier alpha value is -2.72. The summed E-state index contributed by atoms with van der Waals surface area (Å²) in [5, 5.41) is 6.51. The highest BCUT2D eigenvalue weighted by molar-refractivity contribution is 5.76. The van der Waals surface area contributed by atoms with E-state index in [0.717, 1.165) is 0 Å². The average molecular weight is 385 g/mol. The van der Waals surface area contributed by atoms with Crippen LogP contribution in [0.25, 0.3) is 0 Å². The molecule has 1 amide bonds. The molecule has 0 aliphatic carbocycles. The molecule has 0 radical (unpaired) electrons. The summed E-state index contributed by atoms with van der Waals surface area (Å²) in [4.78, 5) is 30.2. The van der Waals surface area contributed by atoms with Gasteiger partial charge in [0.05, 0.1) is 6.33 Å². The van der Waals surface area contributed by atoms with Gasteiger partial charge in [0, 0.05) is 30.3 Å². The van der Waals surface area contributed by atoms with E-state index in [2.05, 4.69) is 15.2 Å². The van der Waals surface area contributed by atoms with Gasteiger partial charge in [0.15, 0.2) is 0 Å². The first-order chi connectivity index (χ1) is 12.7. The number of carbonyl (C=O) groups excluding carboxylic acids is 1. The van der Waals surface area contributed by atoms with Crippen molar-refractivity contribution in [2.45, 2.75) is 45.3 Å². The lowest BCUT2D eigenvalue weighted by Crippen LogP contribution is -2.41. The number of halogens is 3. The van der Waals surface area contributed by atoms with Crippen LogP contribution in [0.2, 0.25) is 0 Å². The van der Waals surface area contributed by atoms with Crippen LogP contribution in [0.15, 0.2) is 15.5 Å². The van der Waals surface area contributed by atoms with Crippen LogP contribution in [0.3, 0.4) is 0 Å². The topological polar surface area (TPSA) is 94.1 Å². The first-order valence-corrected chi connectivity index (χ1v) is 8.38. The third kappa shape index (κ3) is 4.01. The van der Waals surface area contributed by atoms with Gasteiger partial charge in [0.1, 0.15) is 6.54 Å². The molecular weight excluding hydrogens is 367 g/mol. The summed E-state index contributed by atoms with van der Waals surface area (Å²) in [5.74, 6) is -2.01. The second-order valence-corrected chi connectivity index (χ2v) is 6.49. The smallest absolute Gasteiger partial charge is 0.417 e. The maximum Gasteiger partial charge on any atom is 0.470 e. The molecular formula is C16H18F3N5O3. The zero-order chi connectivity index (χ0) is 19.8. The van der Waals surface area contributed by atoms with Crippen molar-refractivity contribution in [1.82, 2.24) is 24.6 Å². The van der Waals surface area contributed by atoms with Crippen LogP contribution in [-0.4, -0.2) is 43.6 Å².